The fourth-order valence-electron chi connectivity index (χ4n) is 3.05. The molecule has 3 heterocycles. The molecule has 0 amide bonds. The van der Waals surface area contributed by atoms with Crippen molar-refractivity contribution in [2.24, 2.45) is 7.05 Å². The van der Waals surface area contributed by atoms with Gasteiger partial charge in [-0.3, -0.25) is 23.2 Å². The molecule has 1 aliphatic heterocycles. The molecule has 3 rings (SSSR count). The largest absolute Gasteiger partial charge is 0.790 e. The number of aryl methyl sites for hydroxylation is 1. The van der Waals surface area contributed by atoms with E-state index in [9.17, 15) is 38.8 Å². The van der Waals surface area contributed by atoms with Gasteiger partial charge < -0.3 is 43.6 Å². The summed E-state index contributed by atoms with van der Waals surface area (Å²) < 4.78 is 37.6. The topological polar surface area (TPSA) is 229 Å². The third-order valence-corrected chi connectivity index (χ3v) is 6.46. The molecule has 0 radical (unpaired) electrons. The number of aliphatic hydroxyl groups is 2. The van der Waals surface area contributed by atoms with E-state index in [1.807, 2.05) is 0 Å². The van der Waals surface area contributed by atoms with Crippen LogP contribution in [-0.4, -0.2) is 63.8 Å². The summed E-state index contributed by atoms with van der Waals surface area (Å²) in [7, 11) is -6.61. The highest BCUT2D eigenvalue weighted by Gasteiger charge is 2.47. The number of hydrogen-bond acceptors (Lipinski definition) is 13. The van der Waals surface area contributed by atoms with Crippen LogP contribution < -0.4 is 29.7 Å². The van der Waals surface area contributed by atoms with E-state index in [1.165, 1.54) is 20.4 Å². The zero-order valence-electron chi connectivity index (χ0n) is 16.3. The van der Waals surface area contributed by atoms with E-state index in [2.05, 4.69) is 18.8 Å². The van der Waals surface area contributed by atoms with E-state index in [-0.39, 0.29) is 17.1 Å². The molecule has 0 saturated carbocycles. The Balaban J connectivity index is 1.88. The molecule has 31 heavy (non-hydrogen) atoms. The van der Waals surface area contributed by atoms with Crippen molar-refractivity contribution >= 4 is 32.8 Å². The summed E-state index contributed by atoms with van der Waals surface area (Å²) in [6.07, 6.45) is -4.67. The second kappa shape index (κ2) is 8.33. The first-order valence-corrected chi connectivity index (χ1v) is 11.5. The van der Waals surface area contributed by atoms with Gasteiger partial charge in [-0.2, -0.15) is 0 Å². The van der Waals surface area contributed by atoms with E-state index in [1.54, 1.807) is 21.1 Å². The van der Waals surface area contributed by atoms with Gasteiger partial charge in [0, 0.05) is 14.1 Å². The maximum Gasteiger partial charge on any atom is 0.313 e. The van der Waals surface area contributed by atoms with Crippen LogP contribution in [0.25, 0.3) is 11.2 Å². The summed E-state index contributed by atoms with van der Waals surface area (Å²) >= 11 is 0. The first-order valence-electron chi connectivity index (χ1n) is 8.58. The van der Waals surface area contributed by atoms with Crippen LogP contribution in [0, 0.1) is 0 Å². The third-order valence-electron chi connectivity index (χ3n) is 4.39. The van der Waals surface area contributed by atoms with Gasteiger partial charge in [0.25, 0.3) is 19.3 Å². The predicted octanol–water partition coefficient (Wildman–Crippen LogP) is -4.44. The minimum absolute atomic E-state index is 0.101. The molecule has 3 N–H and O–H groups in total. The lowest BCUT2D eigenvalue weighted by molar-refractivity contribution is -0.745. The van der Waals surface area contributed by atoms with Crippen molar-refractivity contribution in [3.63, 3.8) is 0 Å². The number of nitrogens with one attached hydrogen (secondary N) is 1. The van der Waals surface area contributed by atoms with Gasteiger partial charge in [-0.1, -0.05) is 4.98 Å². The van der Waals surface area contributed by atoms with Crippen molar-refractivity contribution in [1.82, 2.24) is 14.5 Å². The number of aromatic amines is 1. The van der Waals surface area contributed by atoms with Gasteiger partial charge in [0.1, 0.15) is 18.3 Å². The van der Waals surface area contributed by atoms with Crippen molar-refractivity contribution < 1.29 is 52.2 Å². The normalized spacial score (nSPS) is 26.3. The Morgan fingerprint density at radius 3 is 2.55 bits per heavy atom. The molecule has 16 nitrogen and oxygen atoms in total. The summed E-state index contributed by atoms with van der Waals surface area (Å²) in [5, 5.41) is 20.6. The van der Waals surface area contributed by atoms with Crippen LogP contribution in [0.1, 0.15) is 6.23 Å². The van der Waals surface area contributed by atoms with Crippen LogP contribution in [0.2, 0.25) is 0 Å². The molecule has 0 spiro atoms. The summed E-state index contributed by atoms with van der Waals surface area (Å²) in [6.45, 7) is -0.961. The fraction of sp³-hybridized carbons (Fsp3) is 0.615. The van der Waals surface area contributed by atoms with Gasteiger partial charge >= 0.3 is 5.65 Å². The van der Waals surface area contributed by atoms with E-state index in [0.717, 1.165) is 0 Å². The Morgan fingerprint density at radius 1 is 1.32 bits per heavy atom. The van der Waals surface area contributed by atoms with Crippen LogP contribution in [0.3, 0.4) is 0 Å². The van der Waals surface area contributed by atoms with E-state index in [4.69, 9.17) is 4.74 Å². The smallest absolute Gasteiger partial charge is 0.313 e. The average Bonchev–Trinajstić information content (AvgIpc) is 3.09. The van der Waals surface area contributed by atoms with E-state index in [0.29, 0.717) is 0 Å². The molecule has 0 aliphatic carbocycles. The van der Waals surface area contributed by atoms with Crippen LogP contribution >= 0.6 is 15.6 Å². The maximum atomic E-state index is 12.4. The summed E-state index contributed by atoms with van der Waals surface area (Å²) in [4.78, 5) is 53.2. The summed E-state index contributed by atoms with van der Waals surface area (Å²) in [5.74, 6) is 0.203. The Kier molecular flexibility index (Phi) is 6.43. The first kappa shape index (κ1) is 23.9. The number of ether oxygens (including phenoxy) is 1. The lowest BCUT2D eigenvalue weighted by atomic mass is 10.1. The highest BCUT2D eigenvalue weighted by atomic mass is 31.3. The lowest BCUT2D eigenvalue weighted by Gasteiger charge is -2.35. The molecule has 1 aliphatic rings. The van der Waals surface area contributed by atoms with Crippen molar-refractivity contribution in [3.05, 3.63) is 16.7 Å². The molecule has 18 heteroatoms. The number of aromatic nitrogens is 4. The molecule has 0 bridgehead atoms. The van der Waals surface area contributed by atoms with Gasteiger partial charge in [-0.15, -0.1) is 0 Å². The number of phosphoric ester groups is 1. The second-order valence-corrected chi connectivity index (χ2v) is 9.61. The summed E-state index contributed by atoms with van der Waals surface area (Å²) in [5.41, 5.74) is -0.245. The van der Waals surface area contributed by atoms with Crippen LogP contribution in [-0.2, 0) is 29.7 Å². The van der Waals surface area contributed by atoms with Crippen molar-refractivity contribution in [3.8, 4) is 0 Å². The minimum Gasteiger partial charge on any atom is -0.790 e. The molecule has 1 fully saturated rings. The molecule has 1 saturated heterocycles. The number of anilines is 1. The zero-order chi connectivity index (χ0) is 23.3. The Morgan fingerprint density at radius 2 is 1.97 bits per heavy atom. The van der Waals surface area contributed by atoms with Crippen molar-refractivity contribution in [2.75, 3.05) is 25.6 Å². The Bertz CT molecular complexity index is 1130. The van der Waals surface area contributed by atoms with Gasteiger partial charge in [0.2, 0.25) is 11.7 Å². The monoisotopic (exact) mass is 483 g/mol. The Hall–Kier alpha value is -1.71. The minimum atomic E-state index is -5.88. The number of imidazole rings is 1. The zero-order valence-corrected chi connectivity index (χ0v) is 18.1. The van der Waals surface area contributed by atoms with Gasteiger partial charge in [-0.05, 0) is 0 Å². The van der Waals surface area contributed by atoms with Crippen molar-refractivity contribution in [1.29, 1.82) is 0 Å². The number of aliphatic hydroxyl groups excluding tert-OH is 2. The molecule has 174 valence electrons. The molecular weight excluding hydrogens is 464 g/mol. The number of hydrogen-bond donors (Lipinski definition) is 3. The number of fused-ring (bicyclic) bond motifs is 1. The fourth-order valence-corrected chi connectivity index (χ4v) is 4.54. The first-order chi connectivity index (χ1) is 14.2. The number of nitrogens with zero attached hydrogens (tertiary/aromatic N) is 4. The number of H-pyrrole nitrogens is 1. The number of rotatable bonds is 7. The van der Waals surface area contributed by atoms with E-state index < -0.39 is 52.4 Å². The van der Waals surface area contributed by atoms with Gasteiger partial charge in [0.05, 0.1) is 21.5 Å². The third kappa shape index (κ3) is 5.04. The number of phosphoric acid groups is 2. The molecule has 2 aromatic heterocycles. The summed E-state index contributed by atoms with van der Waals surface area (Å²) in [6, 6.07) is 0. The van der Waals surface area contributed by atoms with Gasteiger partial charge in [-0.25, -0.2) is 4.57 Å². The van der Waals surface area contributed by atoms with E-state index >= 15 is 0 Å². The highest BCUT2D eigenvalue weighted by molar-refractivity contribution is 7.58. The van der Waals surface area contributed by atoms with Crippen molar-refractivity contribution in [2.45, 2.75) is 24.5 Å². The average molecular weight is 483 g/mol. The second-order valence-electron chi connectivity index (χ2n) is 6.91. The molecule has 0 aromatic carbocycles. The van der Waals surface area contributed by atoms with Crippen LogP contribution in [0.4, 0.5) is 5.95 Å². The SMILES string of the molecule is CN(C)c1nc2c(c(=O)[nH]1)n(C)c[n+]2[C@@H]1O[C@H](COP(=O)([O-])OP(=O)([O-])[O-])[C@@H](O)[C@H]1O. The molecular formula is C13H19N5O11P2-2. The molecule has 5 atom stereocenters. The van der Waals surface area contributed by atoms with Gasteiger partial charge in [0.15, 0.2) is 6.33 Å². The maximum absolute atomic E-state index is 12.4. The highest BCUT2D eigenvalue weighted by Crippen LogP contribution is 2.50. The molecule has 2 aromatic rings. The molecule has 1 unspecified atom stereocenters. The predicted molar refractivity (Wildman–Crippen MR) is 94.0 cm³/mol. The quantitative estimate of drug-likeness (QED) is 0.250. The lowest BCUT2D eigenvalue weighted by Crippen LogP contribution is -2.46. The Labute approximate surface area is 174 Å². The standard InChI is InChI=1S/C13H21N5O11P2/c1-16(2)13-14-10-7(11(21)15-13)17(3)5-18(10)12-9(20)8(19)6(28-12)4-27-31(25,26)29-30(22,23)24/h5-6,8-9,12,19-20H,4H2,1-3H3,(H3-,14,15,21,22,23,24,25,26)/p-2/t6-,8-,9-,12-/m1/s1. The van der Waals surface area contributed by atoms with Crippen LogP contribution in [0.5, 0.6) is 0 Å². The van der Waals surface area contributed by atoms with Crippen LogP contribution in [0.15, 0.2) is 11.1 Å².